The summed E-state index contributed by atoms with van der Waals surface area (Å²) in [6, 6.07) is 4.75. The topological polar surface area (TPSA) is 24.0 Å². The number of hydrogen-bond donors (Lipinski definition) is 1. The molecule has 0 spiro atoms. The molecule has 1 aromatic heterocycles. The molecule has 3 nitrogen and oxygen atoms in total. The van der Waals surface area contributed by atoms with E-state index in [4.69, 9.17) is 23.8 Å². The van der Waals surface area contributed by atoms with Crippen LogP contribution >= 0.6 is 23.8 Å². The molecule has 1 N–H and O–H groups in total. The third-order valence-corrected chi connectivity index (χ3v) is 5.07. The minimum atomic E-state index is 0.297. The van der Waals surface area contributed by atoms with Gasteiger partial charge in [0.15, 0.2) is 4.77 Å². The number of nitrogens with one attached hydrogen (secondary N) is 1. The van der Waals surface area contributed by atoms with Crippen LogP contribution in [0, 0.1) is 4.77 Å². The second kappa shape index (κ2) is 5.84. The Kier molecular flexibility index (Phi) is 4.19. The van der Waals surface area contributed by atoms with Crippen molar-refractivity contribution in [2.24, 2.45) is 0 Å². The second-order valence-corrected chi connectivity index (χ2v) is 7.26. The molecular weight excluding hydrogens is 314 g/mol. The van der Waals surface area contributed by atoms with Gasteiger partial charge >= 0.3 is 0 Å². The van der Waals surface area contributed by atoms with Crippen LogP contribution in [0.2, 0.25) is 5.02 Å². The van der Waals surface area contributed by atoms with Crippen molar-refractivity contribution in [2.45, 2.75) is 46.3 Å². The number of aromatic amines is 1. The van der Waals surface area contributed by atoms with Crippen LogP contribution in [0.15, 0.2) is 23.8 Å². The van der Waals surface area contributed by atoms with Crippen molar-refractivity contribution in [3.8, 4) is 0 Å². The summed E-state index contributed by atoms with van der Waals surface area (Å²) in [7, 11) is 0. The molecule has 3 rings (SSSR count). The molecule has 22 heavy (non-hydrogen) atoms. The smallest absolute Gasteiger partial charge is 0.178 e. The van der Waals surface area contributed by atoms with E-state index in [2.05, 4.69) is 54.3 Å². The quantitative estimate of drug-likeness (QED) is 0.611. The Morgan fingerprint density at radius 3 is 2.82 bits per heavy atom. The van der Waals surface area contributed by atoms with Gasteiger partial charge in [0.25, 0.3) is 0 Å². The first-order valence-electron chi connectivity index (χ1n) is 7.69. The normalized spacial score (nSPS) is 21.9. The van der Waals surface area contributed by atoms with E-state index in [-0.39, 0.29) is 0 Å². The molecule has 2 aromatic rings. The van der Waals surface area contributed by atoms with Gasteiger partial charge in [-0.15, -0.1) is 0 Å². The van der Waals surface area contributed by atoms with Crippen LogP contribution in [-0.2, 0) is 6.54 Å². The molecule has 1 aromatic carbocycles. The molecule has 0 saturated heterocycles. The zero-order valence-corrected chi connectivity index (χ0v) is 15.1. The fourth-order valence-corrected chi connectivity index (χ4v) is 3.85. The molecule has 2 atom stereocenters. The highest BCUT2D eigenvalue weighted by molar-refractivity contribution is 7.71. The summed E-state index contributed by atoms with van der Waals surface area (Å²) in [5, 5.41) is 0.759. The lowest BCUT2D eigenvalue weighted by molar-refractivity contribution is 0.165. The Morgan fingerprint density at radius 2 is 2.14 bits per heavy atom. The minimum Gasteiger partial charge on any atom is -0.331 e. The molecule has 0 amide bonds. The molecule has 0 unspecified atom stereocenters. The molecular formula is C17H22ClN3S. The third-order valence-electron chi connectivity index (χ3n) is 4.53. The zero-order valence-electron chi connectivity index (χ0n) is 13.5. The van der Waals surface area contributed by atoms with E-state index in [0.717, 1.165) is 28.4 Å². The summed E-state index contributed by atoms with van der Waals surface area (Å²) in [6.45, 7) is 10.7. The van der Waals surface area contributed by atoms with Crippen molar-refractivity contribution in [3.05, 3.63) is 39.1 Å². The average Bonchev–Trinajstić information content (AvgIpc) is 2.67. The molecule has 1 aliphatic rings. The average molecular weight is 336 g/mol. The van der Waals surface area contributed by atoms with Gasteiger partial charge in [-0.2, -0.15) is 0 Å². The van der Waals surface area contributed by atoms with Crippen molar-refractivity contribution < 1.29 is 0 Å². The first kappa shape index (κ1) is 15.8. The summed E-state index contributed by atoms with van der Waals surface area (Å²) in [5.41, 5.74) is 4.84. The van der Waals surface area contributed by atoms with E-state index >= 15 is 0 Å². The number of hydrogen-bond acceptors (Lipinski definition) is 2. The second-order valence-electron chi connectivity index (χ2n) is 6.44. The Morgan fingerprint density at radius 1 is 1.41 bits per heavy atom. The van der Waals surface area contributed by atoms with Gasteiger partial charge in [0.05, 0.1) is 11.0 Å². The number of halogens is 1. The molecule has 0 aliphatic carbocycles. The summed E-state index contributed by atoms with van der Waals surface area (Å²) in [6.07, 6.45) is 2.29. The van der Waals surface area contributed by atoms with Crippen LogP contribution in [0.1, 0.15) is 39.3 Å². The molecule has 118 valence electrons. The number of nitrogens with zero attached hydrogens (tertiary/aromatic N) is 2. The number of rotatable bonds is 2. The summed E-state index contributed by atoms with van der Waals surface area (Å²) in [5.74, 6) is 0. The largest absolute Gasteiger partial charge is 0.331 e. The first-order valence-corrected chi connectivity index (χ1v) is 8.48. The van der Waals surface area contributed by atoms with Crippen LogP contribution < -0.4 is 0 Å². The first-order chi connectivity index (χ1) is 10.4. The Bertz CT molecular complexity index is 798. The monoisotopic (exact) mass is 335 g/mol. The predicted molar refractivity (Wildman–Crippen MR) is 96.1 cm³/mol. The molecule has 0 bridgehead atoms. The van der Waals surface area contributed by atoms with Crippen LogP contribution in [0.4, 0.5) is 0 Å². The Balaban J connectivity index is 2.18. The SMILES string of the molecule is CC(C)=CCN1[C@H](C)Cn2c(=S)[nH]c3cc(Cl)cc(c32)[C@@H]1C. The maximum atomic E-state index is 6.32. The van der Waals surface area contributed by atoms with E-state index in [1.807, 2.05) is 6.07 Å². The van der Waals surface area contributed by atoms with Crippen LogP contribution in [0.25, 0.3) is 11.0 Å². The van der Waals surface area contributed by atoms with Crippen molar-refractivity contribution >= 4 is 34.9 Å². The molecule has 1 aliphatic heterocycles. The summed E-state index contributed by atoms with van der Waals surface area (Å²) in [4.78, 5) is 5.81. The minimum absolute atomic E-state index is 0.297. The van der Waals surface area contributed by atoms with Gasteiger partial charge < -0.3 is 9.55 Å². The number of imidazole rings is 1. The molecule has 5 heteroatoms. The van der Waals surface area contributed by atoms with Gasteiger partial charge in [0, 0.05) is 30.2 Å². The van der Waals surface area contributed by atoms with Gasteiger partial charge in [0.2, 0.25) is 0 Å². The van der Waals surface area contributed by atoms with E-state index in [1.54, 1.807) is 0 Å². The van der Waals surface area contributed by atoms with Crippen LogP contribution in [0.5, 0.6) is 0 Å². The lowest BCUT2D eigenvalue weighted by Crippen LogP contribution is -2.36. The lowest BCUT2D eigenvalue weighted by Gasteiger charge is -2.32. The maximum absolute atomic E-state index is 6.32. The van der Waals surface area contributed by atoms with Gasteiger partial charge in [-0.25, -0.2) is 0 Å². The fourth-order valence-electron chi connectivity index (χ4n) is 3.35. The van der Waals surface area contributed by atoms with Gasteiger partial charge in [0.1, 0.15) is 0 Å². The standard InChI is InChI=1S/C17H22ClN3S/c1-10(2)5-6-20-11(3)9-21-16-14(12(20)4)7-13(18)8-15(16)19-17(21)22/h5,7-8,11-12H,6,9H2,1-4H3,(H,19,22)/t11-,12+/m1/s1. The van der Waals surface area contributed by atoms with E-state index in [1.165, 1.54) is 16.7 Å². The highest BCUT2D eigenvalue weighted by Crippen LogP contribution is 2.35. The number of benzene rings is 1. The van der Waals surface area contributed by atoms with E-state index < -0.39 is 0 Å². The number of aromatic nitrogens is 2. The third kappa shape index (κ3) is 2.64. The Hall–Kier alpha value is -1.10. The molecule has 0 saturated carbocycles. The van der Waals surface area contributed by atoms with Gasteiger partial charge in [-0.3, -0.25) is 4.90 Å². The maximum Gasteiger partial charge on any atom is 0.178 e. The molecule has 0 radical (unpaired) electrons. The Labute approximate surface area is 141 Å². The number of H-pyrrole nitrogens is 1. The van der Waals surface area contributed by atoms with E-state index in [9.17, 15) is 0 Å². The van der Waals surface area contributed by atoms with Crippen molar-refractivity contribution in [3.63, 3.8) is 0 Å². The fraction of sp³-hybridized carbons (Fsp3) is 0.471. The highest BCUT2D eigenvalue weighted by Gasteiger charge is 2.28. The van der Waals surface area contributed by atoms with Crippen molar-refractivity contribution in [1.29, 1.82) is 0 Å². The zero-order chi connectivity index (χ0) is 16.0. The summed E-state index contributed by atoms with van der Waals surface area (Å²) >= 11 is 11.8. The molecule has 0 fully saturated rings. The summed E-state index contributed by atoms with van der Waals surface area (Å²) < 4.78 is 3.00. The van der Waals surface area contributed by atoms with Crippen LogP contribution in [-0.4, -0.2) is 27.0 Å². The van der Waals surface area contributed by atoms with Gasteiger partial charge in [-0.1, -0.05) is 23.3 Å². The predicted octanol–water partition coefficient (Wildman–Crippen LogP) is 5.08. The molecule has 2 heterocycles. The van der Waals surface area contributed by atoms with Crippen LogP contribution in [0.3, 0.4) is 0 Å². The van der Waals surface area contributed by atoms with Crippen molar-refractivity contribution in [1.82, 2.24) is 14.5 Å². The lowest BCUT2D eigenvalue weighted by atomic mass is 10.0. The van der Waals surface area contributed by atoms with E-state index in [0.29, 0.717) is 12.1 Å². The van der Waals surface area contributed by atoms with Crippen molar-refractivity contribution in [2.75, 3.05) is 6.54 Å². The van der Waals surface area contributed by atoms with Gasteiger partial charge in [-0.05, 0) is 57.6 Å². The highest BCUT2D eigenvalue weighted by atomic mass is 35.5. The number of allylic oxidation sites excluding steroid dienone is 1.